The topological polar surface area (TPSA) is 65.2 Å². The number of benzene rings is 1. The number of rotatable bonds is 1. The van der Waals surface area contributed by atoms with Crippen LogP contribution < -0.4 is 5.73 Å². The van der Waals surface area contributed by atoms with E-state index in [1.54, 1.807) is 12.1 Å². The Bertz CT molecular complexity index is 600. The lowest BCUT2D eigenvalue weighted by Gasteiger charge is -2.19. The standard InChI is InChI=1S/C14H16N2O2/c1-14(2,3)18-13(17)11-8-7-9-5-4-6-10(15)12(9)16-11/h4-8H,15H2,1-3H3. The molecule has 18 heavy (non-hydrogen) atoms. The molecule has 0 bridgehead atoms. The molecule has 1 aromatic heterocycles. The molecule has 0 aliphatic carbocycles. The molecule has 0 aliphatic rings. The molecule has 0 radical (unpaired) electrons. The highest BCUT2D eigenvalue weighted by molar-refractivity contribution is 5.94. The Hall–Kier alpha value is -2.10. The molecule has 2 aromatic rings. The Balaban J connectivity index is 2.41. The van der Waals surface area contributed by atoms with Crippen LogP contribution in [0, 0.1) is 0 Å². The second kappa shape index (κ2) is 4.29. The minimum absolute atomic E-state index is 0.273. The van der Waals surface area contributed by atoms with Crippen molar-refractivity contribution in [2.45, 2.75) is 26.4 Å². The number of aromatic nitrogens is 1. The van der Waals surface area contributed by atoms with Gasteiger partial charge < -0.3 is 10.5 Å². The number of pyridine rings is 1. The summed E-state index contributed by atoms with van der Waals surface area (Å²) in [5.41, 5.74) is 6.76. The van der Waals surface area contributed by atoms with Gasteiger partial charge in [-0.15, -0.1) is 0 Å². The fraction of sp³-hybridized carbons (Fsp3) is 0.286. The largest absolute Gasteiger partial charge is 0.455 e. The summed E-state index contributed by atoms with van der Waals surface area (Å²) in [5.74, 6) is -0.437. The van der Waals surface area contributed by atoms with Crippen molar-refractivity contribution >= 4 is 22.6 Å². The van der Waals surface area contributed by atoms with Crippen LogP contribution >= 0.6 is 0 Å². The molecule has 1 heterocycles. The van der Waals surface area contributed by atoms with Crippen LogP contribution in [0.2, 0.25) is 0 Å². The van der Waals surface area contributed by atoms with Gasteiger partial charge in [-0.2, -0.15) is 0 Å². The number of nitrogens with zero attached hydrogens (tertiary/aromatic N) is 1. The van der Waals surface area contributed by atoms with E-state index in [0.717, 1.165) is 5.39 Å². The third-order valence-electron chi connectivity index (χ3n) is 2.36. The molecule has 2 rings (SSSR count). The second-order valence-corrected chi connectivity index (χ2v) is 5.12. The van der Waals surface area contributed by atoms with Gasteiger partial charge in [0.25, 0.3) is 0 Å². The van der Waals surface area contributed by atoms with Crippen LogP contribution in [0.5, 0.6) is 0 Å². The zero-order valence-corrected chi connectivity index (χ0v) is 10.7. The monoisotopic (exact) mass is 244 g/mol. The van der Waals surface area contributed by atoms with Crippen LogP contribution in [0.15, 0.2) is 30.3 Å². The summed E-state index contributed by atoms with van der Waals surface area (Å²) in [5, 5.41) is 0.905. The Morgan fingerprint density at radius 3 is 2.61 bits per heavy atom. The van der Waals surface area contributed by atoms with E-state index in [2.05, 4.69) is 4.98 Å². The number of para-hydroxylation sites is 1. The summed E-state index contributed by atoms with van der Waals surface area (Å²) in [4.78, 5) is 16.1. The van der Waals surface area contributed by atoms with Crippen LogP contribution in [0.1, 0.15) is 31.3 Å². The first-order chi connectivity index (χ1) is 8.37. The van der Waals surface area contributed by atoms with Gasteiger partial charge in [-0.1, -0.05) is 18.2 Å². The molecule has 0 aliphatic heterocycles. The van der Waals surface area contributed by atoms with Crippen molar-refractivity contribution < 1.29 is 9.53 Å². The number of carbonyl (C=O) groups excluding carboxylic acids is 1. The molecule has 0 atom stereocenters. The Labute approximate surface area is 106 Å². The minimum Gasteiger partial charge on any atom is -0.455 e. The Morgan fingerprint density at radius 2 is 1.94 bits per heavy atom. The molecular weight excluding hydrogens is 228 g/mol. The third kappa shape index (κ3) is 2.59. The number of fused-ring (bicyclic) bond motifs is 1. The number of hydrogen-bond donors (Lipinski definition) is 1. The van der Waals surface area contributed by atoms with E-state index in [1.165, 1.54) is 0 Å². The highest BCUT2D eigenvalue weighted by atomic mass is 16.6. The Morgan fingerprint density at radius 1 is 1.22 bits per heavy atom. The number of nitrogens with two attached hydrogens (primary N) is 1. The van der Waals surface area contributed by atoms with Gasteiger partial charge in [-0.25, -0.2) is 9.78 Å². The summed E-state index contributed by atoms with van der Waals surface area (Å²) >= 11 is 0. The lowest BCUT2D eigenvalue weighted by atomic mass is 10.1. The van der Waals surface area contributed by atoms with E-state index >= 15 is 0 Å². The molecule has 0 fully saturated rings. The molecule has 0 spiro atoms. The third-order valence-corrected chi connectivity index (χ3v) is 2.36. The fourth-order valence-corrected chi connectivity index (χ4v) is 1.61. The average Bonchev–Trinajstić information content (AvgIpc) is 2.27. The van der Waals surface area contributed by atoms with Crippen molar-refractivity contribution in [3.8, 4) is 0 Å². The molecule has 0 unspecified atom stereocenters. The molecule has 2 N–H and O–H groups in total. The van der Waals surface area contributed by atoms with Crippen LogP contribution in [0.25, 0.3) is 10.9 Å². The highest BCUT2D eigenvalue weighted by Gasteiger charge is 2.19. The first-order valence-corrected chi connectivity index (χ1v) is 5.75. The van der Waals surface area contributed by atoms with Gasteiger partial charge in [0, 0.05) is 5.39 Å². The van der Waals surface area contributed by atoms with Crippen molar-refractivity contribution in [1.82, 2.24) is 4.98 Å². The lowest BCUT2D eigenvalue weighted by Crippen LogP contribution is -2.24. The van der Waals surface area contributed by atoms with Crippen LogP contribution in [0.3, 0.4) is 0 Å². The molecule has 0 amide bonds. The summed E-state index contributed by atoms with van der Waals surface area (Å²) in [6, 6.07) is 8.98. The van der Waals surface area contributed by atoms with Gasteiger partial charge in [-0.3, -0.25) is 0 Å². The average molecular weight is 244 g/mol. The van der Waals surface area contributed by atoms with E-state index in [0.29, 0.717) is 11.2 Å². The van der Waals surface area contributed by atoms with Crippen LogP contribution in [-0.2, 0) is 4.74 Å². The van der Waals surface area contributed by atoms with Crippen molar-refractivity contribution in [3.63, 3.8) is 0 Å². The predicted molar refractivity (Wildman–Crippen MR) is 71.3 cm³/mol. The molecule has 4 nitrogen and oxygen atoms in total. The number of esters is 1. The summed E-state index contributed by atoms with van der Waals surface area (Å²) in [7, 11) is 0. The van der Waals surface area contributed by atoms with E-state index in [4.69, 9.17) is 10.5 Å². The fourth-order valence-electron chi connectivity index (χ4n) is 1.61. The van der Waals surface area contributed by atoms with Crippen molar-refractivity contribution in [1.29, 1.82) is 0 Å². The van der Waals surface area contributed by atoms with E-state index in [9.17, 15) is 4.79 Å². The van der Waals surface area contributed by atoms with Gasteiger partial charge in [0.2, 0.25) is 0 Å². The molecule has 1 aromatic carbocycles. The predicted octanol–water partition coefficient (Wildman–Crippen LogP) is 2.77. The maximum absolute atomic E-state index is 11.9. The van der Waals surface area contributed by atoms with Gasteiger partial charge in [0.05, 0.1) is 11.2 Å². The molecule has 0 saturated heterocycles. The van der Waals surface area contributed by atoms with E-state index < -0.39 is 11.6 Å². The first-order valence-electron chi connectivity index (χ1n) is 5.75. The number of hydrogen-bond acceptors (Lipinski definition) is 4. The molecule has 94 valence electrons. The van der Waals surface area contributed by atoms with E-state index in [-0.39, 0.29) is 5.69 Å². The van der Waals surface area contributed by atoms with Gasteiger partial charge in [-0.05, 0) is 32.9 Å². The van der Waals surface area contributed by atoms with Gasteiger partial charge in [0.1, 0.15) is 11.3 Å². The highest BCUT2D eigenvalue weighted by Crippen LogP contribution is 2.20. The zero-order chi connectivity index (χ0) is 13.3. The molecule has 0 saturated carbocycles. The second-order valence-electron chi connectivity index (χ2n) is 5.12. The Kier molecular flexibility index (Phi) is 2.95. The molecular formula is C14H16N2O2. The molecule has 4 heteroatoms. The van der Waals surface area contributed by atoms with Crippen molar-refractivity contribution in [2.75, 3.05) is 5.73 Å². The maximum atomic E-state index is 11.9. The van der Waals surface area contributed by atoms with Crippen molar-refractivity contribution in [2.24, 2.45) is 0 Å². The van der Waals surface area contributed by atoms with Gasteiger partial charge >= 0.3 is 5.97 Å². The quantitative estimate of drug-likeness (QED) is 0.618. The maximum Gasteiger partial charge on any atom is 0.357 e. The SMILES string of the molecule is CC(C)(C)OC(=O)c1ccc2cccc(N)c2n1. The van der Waals surface area contributed by atoms with Crippen LogP contribution in [-0.4, -0.2) is 16.6 Å². The number of anilines is 1. The normalized spacial score (nSPS) is 11.5. The lowest BCUT2D eigenvalue weighted by molar-refractivity contribution is 0.00633. The summed E-state index contributed by atoms with van der Waals surface area (Å²) < 4.78 is 5.27. The smallest absolute Gasteiger partial charge is 0.357 e. The number of nitrogen functional groups attached to an aromatic ring is 1. The van der Waals surface area contributed by atoms with Crippen molar-refractivity contribution in [3.05, 3.63) is 36.0 Å². The first kappa shape index (κ1) is 12.4. The summed E-state index contributed by atoms with van der Waals surface area (Å²) in [6.45, 7) is 5.46. The van der Waals surface area contributed by atoms with Gasteiger partial charge in [0.15, 0.2) is 0 Å². The van der Waals surface area contributed by atoms with E-state index in [1.807, 2.05) is 39.0 Å². The van der Waals surface area contributed by atoms with Crippen LogP contribution in [0.4, 0.5) is 5.69 Å². The number of ether oxygens (including phenoxy) is 1. The minimum atomic E-state index is -0.532. The number of carbonyl (C=O) groups is 1. The summed E-state index contributed by atoms with van der Waals surface area (Å²) in [6.07, 6.45) is 0. The zero-order valence-electron chi connectivity index (χ0n) is 10.7.